The van der Waals surface area contributed by atoms with Gasteiger partial charge in [-0.05, 0) is 30.5 Å². The molecule has 0 spiro atoms. The highest BCUT2D eigenvalue weighted by Gasteiger charge is 2.21. The molecule has 0 saturated carbocycles. The second-order valence-corrected chi connectivity index (χ2v) is 9.31. The van der Waals surface area contributed by atoms with Gasteiger partial charge >= 0.3 is 0 Å². The maximum Gasteiger partial charge on any atom is 0.258 e. The molecule has 3 rings (SSSR count). The third-order valence-corrected chi connectivity index (χ3v) is 7.16. The summed E-state index contributed by atoms with van der Waals surface area (Å²) in [5.41, 5.74) is 0.971. The predicted molar refractivity (Wildman–Crippen MR) is 104 cm³/mol. The number of carbonyl (C=O) groups excluding carboxylic acids is 1. The molecule has 0 atom stereocenters. The van der Waals surface area contributed by atoms with Crippen LogP contribution < -0.4 is 5.32 Å². The van der Waals surface area contributed by atoms with Gasteiger partial charge in [0.25, 0.3) is 5.91 Å². The molecule has 8 heteroatoms. The van der Waals surface area contributed by atoms with Crippen molar-refractivity contribution in [2.75, 3.05) is 17.3 Å². The van der Waals surface area contributed by atoms with Gasteiger partial charge in [-0.1, -0.05) is 36.5 Å². The molecule has 1 aromatic heterocycles. The van der Waals surface area contributed by atoms with Crippen molar-refractivity contribution in [3.8, 4) is 0 Å². The molecule has 1 heterocycles. The Labute approximate surface area is 154 Å². The summed E-state index contributed by atoms with van der Waals surface area (Å²) >= 11 is 2.95. The summed E-state index contributed by atoms with van der Waals surface area (Å²) in [5, 5.41) is 3.18. The van der Waals surface area contributed by atoms with Crippen molar-refractivity contribution in [3.05, 3.63) is 48.0 Å². The van der Waals surface area contributed by atoms with Crippen molar-refractivity contribution in [1.29, 1.82) is 0 Å². The molecule has 0 radical (unpaired) electrons. The average molecular weight is 393 g/mol. The number of rotatable bonds is 5. The summed E-state index contributed by atoms with van der Waals surface area (Å²) in [5.74, 6) is -0.535. The molecule has 5 nitrogen and oxygen atoms in total. The number of fused-ring (bicyclic) bond motifs is 1. The van der Waals surface area contributed by atoms with Gasteiger partial charge in [-0.15, -0.1) is 11.8 Å². The van der Waals surface area contributed by atoms with Crippen LogP contribution in [0.1, 0.15) is 17.3 Å². The maximum atomic E-state index is 12.6. The molecule has 0 bridgehead atoms. The minimum Gasteiger partial charge on any atom is -0.298 e. The number of nitrogens with one attached hydrogen (secondary N) is 1. The zero-order valence-electron chi connectivity index (χ0n) is 13.6. The summed E-state index contributed by atoms with van der Waals surface area (Å²) in [7, 11) is -3.48. The number of benzene rings is 2. The zero-order valence-corrected chi connectivity index (χ0v) is 16.1. The van der Waals surface area contributed by atoms with Crippen LogP contribution in [0.2, 0.25) is 0 Å². The number of nitrogens with zero attached hydrogens (tertiary/aromatic N) is 1. The first kappa shape index (κ1) is 17.9. The molecule has 3 aromatic rings. The molecule has 0 aliphatic carbocycles. The Balaban J connectivity index is 1.96. The standard InChI is InChI=1S/C17H16N2O3S3/c1-3-25(21,22)14-10-5-4-7-11(14)16(20)19-17-18-15-12(23-2)8-6-9-13(15)24-17/h4-10H,3H2,1-2H3,(H,18,19,20). The van der Waals surface area contributed by atoms with Gasteiger partial charge in [-0.3, -0.25) is 10.1 Å². The lowest BCUT2D eigenvalue weighted by Gasteiger charge is -2.08. The van der Waals surface area contributed by atoms with Crippen LogP contribution in [0.5, 0.6) is 0 Å². The summed E-state index contributed by atoms with van der Waals surface area (Å²) in [6.45, 7) is 1.56. The van der Waals surface area contributed by atoms with Crippen molar-refractivity contribution < 1.29 is 13.2 Å². The van der Waals surface area contributed by atoms with E-state index in [9.17, 15) is 13.2 Å². The molecule has 0 unspecified atom stereocenters. The van der Waals surface area contributed by atoms with E-state index >= 15 is 0 Å². The molecule has 0 saturated heterocycles. The first-order valence-electron chi connectivity index (χ1n) is 7.53. The Morgan fingerprint density at radius 1 is 1.20 bits per heavy atom. The molecule has 2 aromatic carbocycles. The zero-order chi connectivity index (χ0) is 18.0. The van der Waals surface area contributed by atoms with Crippen molar-refractivity contribution in [2.24, 2.45) is 0 Å². The van der Waals surface area contributed by atoms with E-state index in [-0.39, 0.29) is 16.2 Å². The molecule has 130 valence electrons. The van der Waals surface area contributed by atoms with Crippen LogP contribution in [-0.4, -0.2) is 31.3 Å². The number of para-hydroxylation sites is 1. The first-order valence-corrected chi connectivity index (χ1v) is 11.2. The Morgan fingerprint density at radius 2 is 1.96 bits per heavy atom. The van der Waals surface area contributed by atoms with Crippen molar-refractivity contribution in [1.82, 2.24) is 4.98 Å². The van der Waals surface area contributed by atoms with E-state index in [1.807, 2.05) is 24.5 Å². The van der Waals surface area contributed by atoms with Gasteiger partial charge < -0.3 is 0 Å². The summed E-state index contributed by atoms with van der Waals surface area (Å²) < 4.78 is 25.4. The largest absolute Gasteiger partial charge is 0.298 e. The fourth-order valence-corrected chi connectivity index (χ4v) is 5.00. The van der Waals surface area contributed by atoms with Crippen LogP contribution in [0.25, 0.3) is 10.2 Å². The molecule has 0 aliphatic rings. The van der Waals surface area contributed by atoms with Gasteiger partial charge in [-0.2, -0.15) is 0 Å². The number of anilines is 1. The van der Waals surface area contributed by atoms with Crippen molar-refractivity contribution in [2.45, 2.75) is 16.7 Å². The van der Waals surface area contributed by atoms with Gasteiger partial charge in [0.05, 0.1) is 26.4 Å². The minimum atomic E-state index is -3.48. The number of thioether (sulfide) groups is 1. The maximum absolute atomic E-state index is 12.6. The lowest BCUT2D eigenvalue weighted by atomic mass is 10.2. The normalized spacial score (nSPS) is 11.6. The van der Waals surface area contributed by atoms with E-state index in [1.165, 1.54) is 23.5 Å². The van der Waals surface area contributed by atoms with Crippen LogP contribution in [0.3, 0.4) is 0 Å². The van der Waals surface area contributed by atoms with E-state index in [0.29, 0.717) is 5.13 Å². The number of aromatic nitrogens is 1. The number of thiazole rings is 1. The van der Waals surface area contributed by atoms with Crippen molar-refractivity contribution in [3.63, 3.8) is 0 Å². The molecule has 1 N–H and O–H groups in total. The first-order chi connectivity index (χ1) is 12.0. The summed E-state index contributed by atoms with van der Waals surface area (Å²) in [6, 6.07) is 12.1. The monoisotopic (exact) mass is 392 g/mol. The number of hydrogen-bond donors (Lipinski definition) is 1. The summed E-state index contributed by atoms with van der Waals surface area (Å²) in [6.07, 6.45) is 1.97. The Kier molecular flexibility index (Phi) is 5.12. The Morgan fingerprint density at radius 3 is 2.68 bits per heavy atom. The second-order valence-electron chi connectivity index (χ2n) is 5.18. The third-order valence-electron chi connectivity index (χ3n) is 3.67. The van der Waals surface area contributed by atoms with Gasteiger partial charge in [0.15, 0.2) is 15.0 Å². The highest BCUT2D eigenvalue weighted by Crippen LogP contribution is 2.32. The number of hydrogen-bond acceptors (Lipinski definition) is 6. The number of sulfone groups is 1. The predicted octanol–water partition coefficient (Wildman–Crippen LogP) is 4.06. The van der Waals surface area contributed by atoms with Gasteiger partial charge in [0.2, 0.25) is 0 Å². The van der Waals surface area contributed by atoms with Gasteiger partial charge in [0.1, 0.15) is 0 Å². The molecule has 25 heavy (non-hydrogen) atoms. The van der Waals surface area contributed by atoms with Crippen LogP contribution >= 0.6 is 23.1 Å². The highest BCUT2D eigenvalue weighted by atomic mass is 32.2. The topological polar surface area (TPSA) is 76.1 Å². The quantitative estimate of drug-likeness (QED) is 0.663. The third kappa shape index (κ3) is 3.56. The lowest BCUT2D eigenvalue weighted by Crippen LogP contribution is -2.17. The van der Waals surface area contributed by atoms with E-state index in [4.69, 9.17) is 0 Å². The van der Waals surface area contributed by atoms with E-state index in [1.54, 1.807) is 30.8 Å². The Hall–Kier alpha value is -1.90. The van der Waals surface area contributed by atoms with E-state index in [2.05, 4.69) is 10.3 Å². The fourth-order valence-electron chi connectivity index (χ4n) is 2.39. The SMILES string of the molecule is CCS(=O)(=O)c1ccccc1C(=O)Nc1nc2c(SC)cccc2s1. The van der Waals surface area contributed by atoms with E-state index in [0.717, 1.165) is 15.1 Å². The molecule has 0 fully saturated rings. The second kappa shape index (κ2) is 7.15. The molecule has 0 aliphatic heterocycles. The van der Waals surface area contributed by atoms with Crippen LogP contribution in [0.15, 0.2) is 52.3 Å². The minimum absolute atomic E-state index is 0.0425. The average Bonchev–Trinajstić information content (AvgIpc) is 3.04. The number of amides is 1. The molecule has 1 amide bonds. The van der Waals surface area contributed by atoms with Crippen molar-refractivity contribution >= 4 is 54.2 Å². The molecular weight excluding hydrogens is 376 g/mol. The summed E-state index contributed by atoms with van der Waals surface area (Å²) in [4.78, 5) is 18.2. The lowest BCUT2D eigenvalue weighted by molar-refractivity contribution is 0.102. The van der Waals surface area contributed by atoms with Crippen LogP contribution in [0, 0.1) is 0 Å². The fraction of sp³-hybridized carbons (Fsp3) is 0.176. The Bertz CT molecular complexity index is 1040. The van der Waals surface area contributed by atoms with E-state index < -0.39 is 15.7 Å². The smallest absolute Gasteiger partial charge is 0.258 e. The van der Waals surface area contributed by atoms with Gasteiger partial charge in [-0.25, -0.2) is 13.4 Å². The highest BCUT2D eigenvalue weighted by molar-refractivity contribution is 7.98. The van der Waals surface area contributed by atoms with Crippen LogP contribution in [0.4, 0.5) is 5.13 Å². The van der Waals surface area contributed by atoms with Crippen LogP contribution in [-0.2, 0) is 9.84 Å². The van der Waals surface area contributed by atoms with Gasteiger partial charge in [0, 0.05) is 4.90 Å². The number of carbonyl (C=O) groups is 1. The molecular formula is C17H16N2O3S3.